The van der Waals surface area contributed by atoms with Crippen LogP contribution in [0.3, 0.4) is 0 Å². The second-order valence-corrected chi connectivity index (χ2v) is 0.187. The quantitative estimate of drug-likeness (QED) is 0.313. The van der Waals surface area contributed by atoms with E-state index in [9.17, 15) is 0 Å². The third-order valence-corrected chi connectivity index (χ3v) is 0.0471. The van der Waals surface area contributed by atoms with Gasteiger partial charge in [-0.3, -0.25) is 4.94 Å². The predicted octanol–water partition coefficient (Wildman–Crippen LogP) is -0.956. The van der Waals surface area contributed by atoms with E-state index in [0.717, 1.165) is 0 Å². The predicted molar refractivity (Wildman–Crippen MR) is 9.83 cm³/mol. The summed E-state index contributed by atoms with van der Waals surface area (Å²) in [7, 11) is 0. The van der Waals surface area contributed by atoms with Crippen LogP contribution in [0.2, 0.25) is 0 Å². The first-order valence-electron chi connectivity index (χ1n) is 0.618. The lowest BCUT2D eigenvalue weighted by Crippen LogP contribution is -1.86. The zero-order valence-corrected chi connectivity index (χ0v) is 1.88. The van der Waals surface area contributed by atoms with Gasteiger partial charge in [0.15, 0.2) is 0 Å². The van der Waals surface area contributed by atoms with Crippen molar-refractivity contribution in [2.45, 2.75) is 0 Å². The average molecular weight is 60.0 g/mol. The Hall–Kier alpha value is -0.640. The maximum Gasteiger partial charge on any atom is 0.0710 e. The Labute approximate surface area is 23.0 Å². The topological polar surface area (TPSA) is 69.9 Å². The zero-order chi connectivity index (χ0) is 3.41. The van der Waals surface area contributed by atoms with Crippen molar-refractivity contribution in [3.05, 3.63) is 0 Å². The van der Waals surface area contributed by atoms with Crippen molar-refractivity contribution >= 4 is 0 Å². The van der Waals surface area contributed by atoms with E-state index in [0.29, 0.717) is 0 Å². The molecule has 0 saturated heterocycles. The van der Waals surface area contributed by atoms with Crippen LogP contribution in [-0.2, 0) is 4.94 Å². The van der Waals surface area contributed by atoms with Gasteiger partial charge in [0, 0.05) is 5.53 Å². The van der Waals surface area contributed by atoms with Crippen LogP contribution < -0.4 is 11.4 Å². The second-order valence-electron chi connectivity index (χ2n) is 0.187. The molecule has 0 heterocycles. The van der Waals surface area contributed by atoms with Gasteiger partial charge in [0.05, 0.1) is 5.28 Å². The summed E-state index contributed by atoms with van der Waals surface area (Å²) in [4.78, 5) is 3.22. The fourth-order valence-corrected chi connectivity index (χ4v) is 0. The van der Waals surface area contributed by atoms with E-state index in [1.807, 2.05) is 5.28 Å². The molecule has 0 saturated carbocycles. The maximum absolute atomic E-state index is 7.15. The van der Waals surface area contributed by atoms with Crippen LogP contribution in [0.5, 0.6) is 0 Å². The molecule has 0 aliphatic heterocycles. The molecular formula is H2N3O. The number of rotatable bonds is 1. The third kappa shape index (κ3) is 1.36. The highest BCUT2D eigenvalue weighted by atomic mass is 16.8. The summed E-state index contributed by atoms with van der Waals surface area (Å²) in [5.41, 5.74) is 7.15. The molecule has 0 aliphatic carbocycles. The fourth-order valence-electron chi connectivity index (χ4n) is 0. The fraction of sp³-hybridized carbons (Fsp3) is 0. The normalized spacial score (nSPS) is 5.25. The molecule has 4 heavy (non-hydrogen) atoms. The molecule has 0 rings (SSSR count). The average Bonchev–Trinajstić information content (AvgIpc) is 1.37. The summed E-state index contributed by atoms with van der Waals surface area (Å²) in [6.07, 6.45) is 0. The molecule has 1 radical (unpaired) electrons. The summed E-state index contributed by atoms with van der Waals surface area (Å²) in [5, 5.41) is 2.01. The molecule has 0 atom stereocenters. The Balaban J connectivity index is 2.30. The summed E-state index contributed by atoms with van der Waals surface area (Å²) < 4.78 is 0. The molecular weight excluding hydrogens is 58.0 g/mol. The number of nitrogens with zero attached hydrogens (tertiary/aromatic N) is 2. The maximum atomic E-state index is 7.15. The monoisotopic (exact) mass is 60.0 g/mol. The standard InChI is InChI=1S/H2N3O/c1-3-4-2/h2H2. The van der Waals surface area contributed by atoms with Gasteiger partial charge in [-0.25, -0.2) is 0 Å². The molecule has 0 fully saturated rings. The van der Waals surface area contributed by atoms with E-state index in [1.54, 1.807) is 0 Å². The van der Waals surface area contributed by atoms with Crippen LogP contribution in [0.25, 0.3) is 0 Å². The Morgan fingerprint density at radius 1 is 2.00 bits per heavy atom. The summed E-state index contributed by atoms with van der Waals surface area (Å²) in [6, 6.07) is 0. The molecule has 0 spiro atoms. The van der Waals surface area contributed by atoms with Gasteiger partial charge in [-0.15, -0.1) is 5.90 Å². The van der Waals surface area contributed by atoms with Gasteiger partial charge in [-0.05, 0) is 0 Å². The highest BCUT2D eigenvalue weighted by Gasteiger charge is 1.40. The molecule has 0 aromatic heterocycles. The summed E-state index contributed by atoms with van der Waals surface area (Å²) in [5.74, 6) is 4.11. The smallest absolute Gasteiger partial charge is 0.0710 e. The van der Waals surface area contributed by atoms with Crippen molar-refractivity contribution in [2.24, 2.45) is 11.2 Å². The lowest BCUT2D eigenvalue weighted by molar-refractivity contribution is 0.129. The molecule has 0 aromatic carbocycles. The minimum absolute atomic E-state index is 2.01. The van der Waals surface area contributed by atoms with Crippen molar-refractivity contribution in [1.82, 2.24) is 5.53 Å². The van der Waals surface area contributed by atoms with Crippen molar-refractivity contribution in [3.8, 4) is 0 Å². The third-order valence-electron chi connectivity index (χ3n) is 0.0471. The Morgan fingerprint density at radius 3 is 2.25 bits per heavy atom. The van der Waals surface area contributed by atoms with Gasteiger partial charge in [-0.2, -0.15) is 0 Å². The van der Waals surface area contributed by atoms with E-state index in [1.165, 1.54) is 0 Å². The van der Waals surface area contributed by atoms with Gasteiger partial charge >= 0.3 is 0 Å². The first-order chi connectivity index (χ1) is 1.91. The van der Waals surface area contributed by atoms with Crippen molar-refractivity contribution < 1.29 is 4.94 Å². The SMILES string of the molecule is [N]=NON. The molecule has 0 unspecified atom stereocenters. The van der Waals surface area contributed by atoms with Crippen molar-refractivity contribution in [3.63, 3.8) is 0 Å². The molecule has 4 nitrogen and oxygen atoms in total. The zero-order valence-electron chi connectivity index (χ0n) is 1.88. The molecule has 0 amide bonds. The van der Waals surface area contributed by atoms with Gasteiger partial charge in [-0.1, -0.05) is 0 Å². The van der Waals surface area contributed by atoms with E-state index in [2.05, 4.69) is 10.8 Å². The van der Waals surface area contributed by atoms with Gasteiger partial charge in [0.2, 0.25) is 0 Å². The Bertz CT molecular complexity index is 17.2. The van der Waals surface area contributed by atoms with E-state index >= 15 is 0 Å². The molecule has 0 aliphatic rings. The highest BCUT2D eigenvalue weighted by molar-refractivity contribution is 3.46. The molecule has 2 N–H and O–H groups in total. The molecule has 0 bridgehead atoms. The summed E-state index contributed by atoms with van der Waals surface area (Å²) >= 11 is 0. The second kappa shape index (κ2) is 2.36. The molecule has 4 heteroatoms. The summed E-state index contributed by atoms with van der Waals surface area (Å²) in [6.45, 7) is 0. The van der Waals surface area contributed by atoms with Crippen molar-refractivity contribution in [2.75, 3.05) is 0 Å². The minimum atomic E-state index is 2.01. The van der Waals surface area contributed by atoms with Crippen LogP contribution >= 0.6 is 0 Å². The van der Waals surface area contributed by atoms with Gasteiger partial charge in [0.25, 0.3) is 0 Å². The Kier molecular flexibility index (Phi) is 1.98. The van der Waals surface area contributed by atoms with Crippen LogP contribution in [-0.4, -0.2) is 0 Å². The number of nitrogens with two attached hydrogens (primary N) is 1. The largest absolute Gasteiger partial charge is 0.281 e. The first-order valence-corrected chi connectivity index (χ1v) is 0.618. The first kappa shape index (κ1) is 3.36. The van der Waals surface area contributed by atoms with Crippen LogP contribution in [0, 0.1) is 0 Å². The van der Waals surface area contributed by atoms with Crippen LogP contribution in [0.1, 0.15) is 0 Å². The lowest BCUT2D eigenvalue weighted by atomic mass is 13.0. The Morgan fingerprint density at radius 2 is 2.25 bits per heavy atom. The minimum Gasteiger partial charge on any atom is -0.281 e. The highest BCUT2D eigenvalue weighted by Crippen LogP contribution is 1.40. The van der Waals surface area contributed by atoms with E-state index in [-0.39, 0.29) is 0 Å². The van der Waals surface area contributed by atoms with Crippen molar-refractivity contribution in [1.29, 1.82) is 0 Å². The van der Waals surface area contributed by atoms with E-state index in [4.69, 9.17) is 5.53 Å². The number of hydrogen-bond donors (Lipinski definition) is 1. The van der Waals surface area contributed by atoms with Crippen LogP contribution in [0.15, 0.2) is 5.28 Å². The molecule has 23 valence electrons. The van der Waals surface area contributed by atoms with Gasteiger partial charge < -0.3 is 0 Å². The van der Waals surface area contributed by atoms with E-state index < -0.39 is 0 Å². The molecule has 0 aromatic rings. The lowest BCUT2D eigenvalue weighted by Gasteiger charge is -1.65. The number of hydrogen-bond acceptors (Lipinski definition) is 3. The van der Waals surface area contributed by atoms with Gasteiger partial charge in [0.1, 0.15) is 0 Å². The van der Waals surface area contributed by atoms with Crippen LogP contribution in [0.4, 0.5) is 0 Å².